The molecule has 2 rings (SSSR count). The molecule has 5 heteroatoms. The average molecular weight is 270 g/mol. The van der Waals surface area contributed by atoms with Crippen LogP contribution < -0.4 is 10.6 Å². The molecular weight excluding hydrogens is 256 g/mol. The quantitative estimate of drug-likeness (QED) is 0.732. The van der Waals surface area contributed by atoms with Gasteiger partial charge in [-0.3, -0.25) is 9.59 Å². The second-order valence-corrected chi connectivity index (χ2v) is 4.27. The van der Waals surface area contributed by atoms with Crippen LogP contribution in [0.1, 0.15) is 5.56 Å². The number of nitrogens with one attached hydrogen (secondary N) is 2. The lowest BCUT2D eigenvalue weighted by Gasteiger charge is -2.08. The zero-order chi connectivity index (χ0) is 14.5. The number of anilines is 2. The molecule has 0 aliphatic heterocycles. The molecule has 2 amide bonds. The van der Waals surface area contributed by atoms with Crippen LogP contribution in [0.2, 0.25) is 0 Å². The summed E-state index contributed by atoms with van der Waals surface area (Å²) in [7, 11) is 0. The van der Waals surface area contributed by atoms with Gasteiger partial charge < -0.3 is 15.7 Å². The Balaban J connectivity index is 2.03. The Kier molecular flexibility index (Phi) is 4.00. The predicted octanol–water partition coefficient (Wildman–Crippen LogP) is 2.28. The molecular formula is C15H14N2O3. The first kappa shape index (κ1) is 13.6. The van der Waals surface area contributed by atoms with E-state index in [0.29, 0.717) is 11.4 Å². The Morgan fingerprint density at radius 3 is 2.35 bits per heavy atom. The molecule has 0 heterocycles. The maximum Gasteiger partial charge on any atom is 0.314 e. The zero-order valence-corrected chi connectivity index (χ0v) is 10.9. The summed E-state index contributed by atoms with van der Waals surface area (Å²) in [6, 6.07) is 13.2. The van der Waals surface area contributed by atoms with E-state index in [2.05, 4.69) is 10.6 Å². The number of rotatable bonds is 2. The van der Waals surface area contributed by atoms with Crippen LogP contribution in [0.4, 0.5) is 11.4 Å². The lowest BCUT2D eigenvalue weighted by molar-refractivity contribution is -0.133. The summed E-state index contributed by atoms with van der Waals surface area (Å²) in [5.74, 6) is -1.54. The van der Waals surface area contributed by atoms with Crippen LogP contribution >= 0.6 is 0 Å². The van der Waals surface area contributed by atoms with Gasteiger partial charge in [-0.05, 0) is 30.7 Å². The highest BCUT2D eigenvalue weighted by Crippen LogP contribution is 2.16. The van der Waals surface area contributed by atoms with E-state index in [1.165, 1.54) is 12.1 Å². The minimum Gasteiger partial charge on any atom is -0.508 e. The SMILES string of the molecule is Cc1ccccc1NC(=O)C(=O)Nc1cccc(O)c1. The summed E-state index contributed by atoms with van der Waals surface area (Å²) in [6.45, 7) is 1.84. The number of hydrogen-bond acceptors (Lipinski definition) is 3. The van der Waals surface area contributed by atoms with Crippen molar-refractivity contribution in [3.05, 3.63) is 54.1 Å². The fourth-order valence-electron chi connectivity index (χ4n) is 1.66. The van der Waals surface area contributed by atoms with E-state index in [0.717, 1.165) is 5.56 Å². The summed E-state index contributed by atoms with van der Waals surface area (Å²) >= 11 is 0. The Labute approximate surface area is 116 Å². The molecule has 0 atom stereocenters. The van der Waals surface area contributed by atoms with Crippen molar-refractivity contribution in [1.82, 2.24) is 0 Å². The van der Waals surface area contributed by atoms with Gasteiger partial charge in [0.25, 0.3) is 0 Å². The molecule has 0 bridgehead atoms. The highest BCUT2D eigenvalue weighted by Gasteiger charge is 2.14. The molecule has 3 N–H and O–H groups in total. The maximum absolute atomic E-state index is 11.8. The van der Waals surface area contributed by atoms with Gasteiger partial charge in [-0.25, -0.2) is 0 Å². The number of amides is 2. The van der Waals surface area contributed by atoms with Crippen LogP contribution in [0.15, 0.2) is 48.5 Å². The van der Waals surface area contributed by atoms with Gasteiger partial charge in [-0.1, -0.05) is 24.3 Å². The number of phenols is 1. The summed E-state index contributed by atoms with van der Waals surface area (Å²) in [4.78, 5) is 23.5. The van der Waals surface area contributed by atoms with Gasteiger partial charge in [0.1, 0.15) is 5.75 Å². The van der Waals surface area contributed by atoms with Crippen LogP contribution in [-0.4, -0.2) is 16.9 Å². The Bertz CT molecular complexity index is 653. The number of para-hydroxylation sites is 1. The second-order valence-electron chi connectivity index (χ2n) is 4.27. The molecule has 0 spiro atoms. The van der Waals surface area contributed by atoms with Crippen molar-refractivity contribution in [2.45, 2.75) is 6.92 Å². The number of phenolic OH excluding ortho intramolecular Hbond substituents is 1. The van der Waals surface area contributed by atoms with Gasteiger partial charge in [0.15, 0.2) is 0 Å². The third-order valence-electron chi connectivity index (χ3n) is 2.70. The first-order chi connectivity index (χ1) is 9.56. The van der Waals surface area contributed by atoms with Crippen LogP contribution in [0, 0.1) is 6.92 Å². The molecule has 102 valence electrons. The topological polar surface area (TPSA) is 78.4 Å². The normalized spacial score (nSPS) is 9.85. The highest BCUT2D eigenvalue weighted by molar-refractivity contribution is 6.43. The van der Waals surface area contributed by atoms with Crippen molar-refractivity contribution in [2.75, 3.05) is 10.6 Å². The van der Waals surface area contributed by atoms with Crippen molar-refractivity contribution in [1.29, 1.82) is 0 Å². The van der Waals surface area contributed by atoms with E-state index in [9.17, 15) is 14.7 Å². The van der Waals surface area contributed by atoms with Crippen LogP contribution in [0.5, 0.6) is 5.75 Å². The number of aryl methyl sites for hydroxylation is 1. The van der Waals surface area contributed by atoms with E-state index < -0.39 is 11.8 Å². The number of carbonyl (C=O) groups is 2. The minimum atomic E-state index is -0.793. The average Bonchev–Trinajstić information content (AvgIpc) is 2.41. The summed E-state index contributed by atoms with van der Waals surface area (Å²) in [5.41, 5.74) is 1.81. The molecule has 0 saturated heterocycles. The molecule has 0 saturated carbocycles. The van der Waals surface area contributed by atoms with E-state index in [-0.39, 0.29) is 5.75 Å². The summed E-state index contributed by atoms with van der Waals surface area (Å²) in [5, 5.41) is 14.2. The van der Waals surface area contributed by atoms with Gasteiger partial charge in [0.05, 0.1) is 0 Å². The Morgan fingerprint density at radius 2 is 1.65 bits per heavy atom. The van der Waals surface area contributed by atoms with Gasteiger partial charge in [0.2, 0.25) is 0 Å². The molecule has 5 nitrogen and oxygen atoms in total. The zero-order valence-electron chi connectivity index (χ0n) is 10.9. The highest BCUT2D eigenvalue weighted by atomic mass is 16.3. The number of aromatic hydroxyl groups is 1. The second kappa shape index (κ2) is 5.88. The van der Waals surface area contributed by atoms with Crippen LogP contribution in [0.25, 0.3) is 0 Å². The van der Waals surface area contributed by atoms with Gasteiger partial charge >= 0.3 is 11.8 Å². The van der Waals surface area contributed by atoms with Crippen molar-refractivity contribution in [3.63, 3.8) is 0 Å². The lowest BCUT2D eigenvalue weighted by atomic mass is 10.2. The fraction of sp³-hybridized carbons (Fsp3) is 0.0667. The van der Waals surface area contributed by atoms with Gasteiger partial charge in [-0.15, -0.1) is 0 Å². The first-order valence-electron chi connectivity index (χ1n) is 6.03. The molecule has 0 unspecified atom stereocenters. The fourth-order valence-corrected chi connectivity index (χ4v) is 1.66. The number of carbonyl (C=O) groups excluding carboxylic acids is 2. The third kappa shape index (κ3) is 3.35. The minimum absolute atomic E-state index is 0.0158. The van der Waals surface area contributed by atoms with Crippen molar-refractivity contribution >= 4 is 23.2 Å². The van der Waals surface area contributed by atoms with E-state index in [4.69, 9.17) is 0 Å². The predicted molar refractivity (Wildman–Crippen MR) is 76.5 cm³/mol. The van der Waals surface area contributed by atoms with E-state index in [1.54, 1.807) is 24.3 Å². The van der Waals surface area contributed by atoms with Gasteiger partial charge in [0, 0.05) is 17.4 Å². The lowest BCUT2D eigenvalue weighted by Crippen LogP contribution is -2.29. The van der Waals surface area contributed by atoms with E-state index >= 15 is 0 Å². The molecule has 0 fully saturated rings. The summed E-state index contributed by atoms with van der Waals surface area (Å²) < 4.78 is 0. The van der Waals surface area contributed by atoms with E-state index in [1.807, 2.05) is 19.1 Å². The Hall–Kier alpha value is -2.82. The van der Waals surface area contributed by atoms with Crippen LogP contribution in [0.3, 0.4) is 0 Å². The summed E-state index contributed by atoms with van der Waals surface area (Å²) in [6.07, 6.45) is 0. The van der Waals surface area contributed by atoms with Crippen molar-refractivity contribution in [3.8, 4) is 5.75 Å². The van der Waals surface area contributed by atoms with Crippen molar-refractivity contribution < 1.29 is 14.7 Å². The standard InChI is InChI=1S/C15H14N2O3/c1-10-5-2-3-8-13(10)17-15(20)14(19)16-11-6-4-7-12(18)9-11/h2-9,18H,1H3,(H,16,19)(H,17,20). The molecule has 2 aromatic carbocycles. The Morgan fingerprint density at radius 1 is 0.950 bits per heavy atom. The van der Waals surface area contributed by atoms with Crippen molar-refractivity contribution in [2.24, 2.45) is 0 Å². The molecule has 0 aromatic heterocycles. The molecule has 0 aliphatic rings. The number of benzene rings is 2. The molecule has 0 aliphatic carbocycles. The smallest absolute Gasteiger partial charge is 0.314 e. The number of hydrogen-bond donors (Lipinski definition) is 3. The molecule has 0 radical (unpaired) electrons. The molecule has 2 aromatic rings. The third-order valence-corrected chi connectivity index (χ3v) is 2.70. The van der Waals surface area contributed by atoms with Gasteiger partial charge in [-0.2, -0.15) is 0 Å². The largest absolute Gasteiger partial charge is 0.508 e. The monoisotopic (exact) mass is 270 g/mol. The first-order valence-corrected chi connectivity index (χ1v) is 6.03. The molecule has 20 heavy (non-hydrogen) atoms. The van der Waals surface area contributed by atoms with Crippen LogP contribution in [-0.2, 0) is 9.59 Å². The maximum atomic E-state index is 11.8.